The van der Waals surface area contributed by atoms with Gasteiger partial charge in [-0.2, -0.15) is 0 Å². The van der Waals surface area contributed by atoms with Gasteiger partial charge in [0.2, 0.25) is 11.8 Å². The number of hydrogen-bond donors (Lipinski definition) is 3. The molecule has 1 aliphatic heterocycles. The highest BCUT2D eigenvalue weighted by atomic mass is 16.2. The van der Waals surface area contributed by atoms with Crippen molar-refractivity contribution in [3.8, 4) is 0 Å². The number of primary amides is 1. The van der Waals surface area contributed by atoms with E-state index >= 15 is 0 Å². The van der Waals surface area contributed by atoms with Crippen molar-refractivity contribution < 1.29 is 14.4 Å². The molecule has 0 bridgehead atoms. The Bertz CT molecular complexity index is 632. The molecule has 1 aliphatic rings. The normalized spacial score (nSPS) is 16.6. The van der Waals surface area contributed by atoms with E-state index in [9.17, 15) is 14.4 Å². The van der Waals surface area contributed by atoms with Gasteiger partial charge in [0.1, 0.15) is 6.04 Å². The summed E-state index contributed by atoms with van der Waals surface area (Å²) in [5.41, 5.74) is 6.51. The van der Waals surface area contributed by atoms with Crippen LogP contribution in [0.3, 0.4) is 0 Å². The predicted molar refractivity (Wildman–Crippen MR) is 92.6 cm³/mol. The summed E-state index contributed by atoms with van der Waals surface area (Å²) in [5.74, 6) is -0.291. The Morgan fingerprint density at radius 1 is 1.38 bits per heavy atom. The van der Waals surface area contributed by atoms with Gasteiger partial charge in [-0.05, 0) is 30.5 Å². The van der Waals surface area contributed by atoms with Crippen LogP contribution in [0.5, 0.6) is 0 Å². The van der Waals surface area contributed by atoms with Gasteiger partial charge in [0.05, 0.1) is 0 Å². The van der Waals surface area contributed by atoms with E-state index in [1.54, 1.807) is 23.1 Å². The molecule has 24 heavy (non-hydrogen) atoms. The molecule has 1 heterocycles. The second-order valence-corrected chi connectivity index (χ2v) is 6.06. The van der Waals surface area contributed by atoms with Crippen molar-refractivity contribution in [2.75, 3.05) is 16.8 Å². The molecule has 1 saturated heterocycles. The molecule has 4 N–H and O–H groups in total. The van der Waals surface area contributed by atoms with Gasteiger partial charge in [-0.25, -0.2) is 4.79 Å². The van der Waals surface area contributed by atoms with Crippen molar-refractivity contribution in [1.82, 2.24) is 5.32 Å². The van der Waals surface area contributed by atoms with Crippen LogP contribution in [0.1, 0.15) is 33.1 Å². The molecule has 7 heteroatoms. The molecule has 2 rings (SSSR count). The van der Waals surface area contributed by atoms with Crippen LogP contribution in [0, 0.1) is 5.92 Å². The molecular formula is C17H24N4O3. The predicted octanol–water partition coefficient (Wildman–Crippen LogP) is 1.83. The van der Waals surface area contributed by atoms with Crippen LogP contribution < -0.4 is 21.3 Å². The molecule has 1 fully saturated rings. The molecule has 0 aromatic heterocycles. The van der Waals surface area contributed by atoms with E-state index in [0.717, 1.165) is 18.5 Å². The second kappa shape index (κ2) is 7.81. The molecule has 1 aromatic rings. The van der Waals surface area contributed by atoms with Crippen molar-refractivity contribution in [2.24, 2.45) is 11.7 Å². The van der Waals surface area contributed by atoms with Gasteiger partial charge in [0.25, 0.3) is 0 Å². The number of carbonyl (C=O) groups excluding carboxylic acids is 3. The van der Waals surface area contributed by atoms with Gasteiger partial charge in [-0.3, -0.25) is 9.59 Å². The molecule has 4 amide bonds. The fourth-order valence-corrected chi connectivity index (χ4v) is 2.75. The van der Waals surface area contributed by atoms with Crippen molar-refractivity contribution in [3.63, 3.8) is 0 Å². The SMILES string of the molecule is CC[C@H](C)[C@H](NC(N)=O)C(=O)Nc1cccc(N2CCCC2=O)c1. The smallest absolute Gasteiger partial charge is 0.312 e. The molecule has 0 radical (unpaired) electrons. The van der Waals surface area contributed by atoms with E-state index in [-0.39, 0.29) is 17.7 Å². The summed E-state index contributed by atoms with van der Waals surface area (Å²) >= 11 is 0. The highest BCUT2D eigenvalue weighted by molar-refractivity contribution is 5.99. The van der Waals surface area contributed by atoms with Crippen LogP contribution in [0.2, 0.25) is 0 Å². The number of amides is 4. The van der Waals surface area contributed by atoms with Crippen LogP contribution >= 0.6 is 0 Å². The molecule has 0 unspecified atom stereocenters. The maximum atomic E-state index is 12.5. The molecule has 0 aliphatic carbocycles. The highest BCUT2D eigenvalue weighted by Crippen LogP contribution is 2.24. The molecule has 7 nitrogen and oxygen atoms in total. The summed E-state index contributed by atoms with van der Waals surface area (Å²) in [6.45, 7) is 4.50. The number of rotatable bonds is 6. The van der Waals surface area contributed by atoms with Crippen molar-refractivity contribution in [2.45, 2.75) is 39.2 Å². The summed E-state index contributed by atoms with van der Waals surface area (Å²) in [6.07, 6.45) is 2.12. The van der Waals surface area contributed by atoms with Crippen molar-refractivity contribution in [3.05, 3.63) is 24.3 Å². The average molecular weight is 332 g/mol. The number of carbonyl (C=O) groups is 3. The maximum Gasteiger partial charge on any atom is 0.312 e. The van der Waals surface area contributed by atoms with Crippen LogP contribution in [-0.2, 0) is 9.59 Å². The van der Waals surface area contributed by atoms with Crippen LogP contribution in [-0.4, -0.2) is 30.4 Å². The van der Waals surface area contributed by atoms with Gasteiger partial charge in [-0.15, -0.1) is 0 Å². The van der Waals surface area contributed by atoms with Gasteiger partial charge in [0, 0.05) is 24.3 Å². The molecule has 1 aromatic carbocycles. The number of hydrogen-bond acceptors (Lipinski definition) is 3. The standard InChI is InChI=1S/C17H24N4O3/c1-3-11(2)15(20-17(18)24)16(23)19-12-6-4-7-13(10-12)21-9-5-8-14(21)22/h4,6-7,10-11,15H,3,5,8-9H2,1-2H3,(H,19,23)(H3,18,20,24)/t11-,15-/m0/s1. The minimum atomic E-state index is -0.730. The third kappa shape index (κ3) is 4.24. The van der Waals surface area contributed by atoms with Crippen LogP contribution in [0.4, 0.5) is 16.2 Å². The van der Waals surface area contributed by atoms with E-state index in [2.05, 4.69) is 10.6 Å². The van der Waals surface area contributed by atoms with E-state index in [4.69, 9.17) is 5.73 Å². The fourth-order valence-electron chi connectivity index (χ4n) is 2.75. The Labute approximate surface area is 141 Å². The third-order valence-corrected chi connectivity index (χ3v) is 4.29. The number of nitrogens with zero attached hydrogens (tertiary/aromatic N) is 1. The zero-order chi connectivity index (χ0) is 17.7. The number of nitrogens with two attached hydrogens (primary N) is 1. The lowest BCUT2D eigenvalue weighted by atomic mass is 9.98. The largest absolute Gasteiger partial charge is 0.352 e. The zero-order valence-corrected chi connectivity index (χ0v) is 14.0. The second-order valence-electron chi connectivity index (χ2n) is 6.06. The van der Waals surface area contributed by atoms with E-state index in [1.807, 2.05) is 19.9 Å². The molecular weight excluding hydrogens is 308 g/mol. The number of nitrogens with one attached hydrogen (secondary N) is 2. The molecule has 0 spiro atoms. The maximum absolute atomic E-state index is 12.5. The quantitative estimate of drug-likeness (QED) is 0.740. The molecule has 130 valence electrons. The lowest BCUT2D eigenvalue weighted by Crippen LogP contribution is -2.49. The summed E-state index contributed by atoms with van der Waals surface area (Å²) in [6, 6.07) is 5.71. The summed E-state index contributed by atoms with van der Waals surface area (Å²) < 4.78 is 0. The Balaban J connectivity index is 2.12. The van der Waals surface area contributed by atoms with Crippen LogP contribution in [0.25, 0.3) is 0 Å². The number of urea groups is 1. The van der Waals surface area contributed by atoms with Gasteiger partial charge >= 0.3 is 6.03 Å². The van der Waals surface area contributed by atoms with E-state index < -0.39 is 12.1 Å². The Kier molecular flexibility index (Phi) is 5.78. The Morgan fingerprint density at radius 2 is 2.12 bits per heavy atom. The van der Waals surface area contributed by atoms with Crippen molar-refractivity contribution >= 4 is 29.2 Å². The number of benzene rings is 1. The number of anilines is 2. The lowest BCUT2D eigenvalue weighted by molar-refractivity contribution is -0.119. The first-order chi connectivity index (χ1) is 11.4. The fraction of sp³-hybridized carbons (Fsp3) is 0.471. The molecule has 0 saturated carbocycles. The van der Waals surface area contributed by atoms with Gasteiger partial charge in [-0.1, -0.05) is 26.3 Å². The van der Waals surface area contributed by atoms with Gasteiger partial charge in [0.15, 0.2) is 0 Å². The minimum absolute atomic E-state index is 0.0548. The minimum Gasteiger partial charge on any atom is -0.352 e. The summed E-state index contributed by atoms with van der Waals surface area (Å²) in [4.78, 5) is 37.2. The highest BCUT2D eigenvalue weighted by Gasteiger charge is 2.26. The van der Waals surface area contributed by atoms with Gasteiger partial charge < -0.3 is 21.3 Å². The van der Waals surface area contributed by atoms with Crippen LogP contribution in [0.15, 0.2) is 24.3 Å². The van der Waals surface area contributed by atoms with E-state index in [0.29, 0.717) is 18.7 Å². The summed E-state index contributed by atoms with van der Waals surface area (Å²) in [7, 11) is 0. The average Bonchev–Trinajstić information content (AvgIpc) is 2.98. The monoisotopic (exact) mass is 332 g/mol. The first kappa shape index (κ1) is 17.8. The first-order valence-corrected chi connectivity index (χ1v) is 8.19. The lowest BCUT2D eigenvalue weighted by Gasteiger charge is -2.23. The third-order valence-electron chi connectivity index (χ3n) is 4.29. The topological polar surface area (TPSA) is 105 Å². The summed E-state index contributed by atoms with van der Waals surface area (Å²) in [5, 5.41) is 5.28. The zero-order valence-electron chi connectivity index (χ0n) is 14.0. The first-order valence-electron chi connectivity index (χ1n) is 8.19. The van der Waals surface area contributed by atoms with E-state index in [1.165, 1.54) is 0 Å². The Morgan fingerprint density at radius 3 is 2.71 bits per heavy atom. The molecule has 2 atom stereocenters. The Hall–Kier alpha value is -2.57. The van der Waals surface area contributed by atoms with Crippen molar-refractivity contribution in [1.29, 1.82) is 0 Å².